The van der Waals surface area contributed by atoms with E-state index >= 15 is 0 Å². The number of carbonyl (C=O) groups excluding carboxylic acids is 2. The number of nitrogens with zero attached hydrogens (tertiary/aromatic N) is 1. The van der Waals surface area contributed by atoms with Crippen LogP contribution in [0.2, 0.25) is 0 Å². The lowest BCUT2D eigenvalue weighted by Crippen LogP contribution is -2.45. The van der Waals surface area contributed by atoms with E-state index in [1.54, 1.807) is 18.2 Å². The molecule has 0 fully saturated rings. The van der Waals surface area contributed by atoms with Gasteiger partial charge in [-0.05, 0) is 29.1 Å². The first-order valence-corrected chi connectivity index (χ1v) is 7.49. The molecule has 1 aliphatic rings. The predicted octanol–water partition coefficient (Wildman–Crippen LogP) is 2.62. The highest BCUT2D eigenvalue weighted by Gasteiger charge is 2.31. The van der Waals surface area contributed by atoms with Crippen molar-refractivity contribution < 1.29 is 9.59 Å². The standard InChI is InChI=1S/C16H11N3O2S/c17-8-6-13(22-7-8)9-4-5-12-14-10(9)2-1-3-11(14)15(20)19(18)16(12)21/h1-7H,17-18H2. The van der Waals surface area contributed by atoms with E-state index in [0.717, 1.165) is 15.8 Å². The molecule has 0 unspecified atom stereocenters. The smallest absolute Gasteiger partial charge is 0.275 e. The Morgan fingerprint density at radius 1 is 0.955 bits per heavy atom. The summed E-state index contributed by atoms with van der Waals surface area (Å²) in [4.78, 5) is 25.5. The van der Waals surface area contributed by atoms with Gasteiger partial charge in [-0.3, -0.25) is 9.59 Å². The van der Waals surface area contributed by atoms with Gasteiger partial charge in [0.2, 0.25) is 0 Å². The van der Waals surface area contributed by atoms with Gasteiger partial charge >= 0.3 is 0 Å². The second kappa shape index (κ2) is 4.40. The second-order valence-electron chi connectivity index (χ2n) is 5.11. The Morgan fingerprint density at radius 3 is 2.32 bits per heavy atom. The summed E-state index contributed by atoms with van der Waals surface area (Å²) in [6, 6.07) is 10.9. The monoisotopic (exact) mass is 309 g/mol. The van der Waals surface area contributed by atoms with Crippen LogP contribution in [0.5, 0.6) is 0 Å². The van der Waals surface area contributed by atoms with Crippen LogP contribution in [-0.4, -0.2) is 16.8 Å². The van der Waals surface area contributed by atoms with E-state index in [0.29, 0.717) is 27.2 Å². The zero-order valence-electron chi connectivity index (χ0n) is 11.4. The maximum absolute atomic E-state index is 12.2. The molecular formula is C16H11N3O2S. The van der Waals surface area contributed by atoms with Crippen LogP contribution >= 0.6 is 11.3 Å². The van der Waals surface area contributed by atoms with Crippen molar-refractivity contribution in [3.05, 3.63) is 52.9 Å². The minimum Gasteiger partial charge on any atom is -0.398 e. The molecule has 0 radical (unpaired) electrons. The lowest BCUT2D eigenvalue weighted by molar-refractivity contribution is 0.0610. The number of hydrogen-bond acceptors (Lipinski definition) is 5. The summed E-state index contributed by atoms with van der Waals surface area (Å²) in [5, 5.41) is 4.04. The minimum absolute atomic E-state index is 0.445. The van der Waals surface area contributed by atoms with Crippen molar-refractivity contribution in [3.63, 3.8) is 0 Å². The number of rotatable bonds is 1. The largest absolute Gasteiger partial charge is 0.398 e. The third kappa shape index (κ3) is 1.62. The van der Waals surface area contributed by atoms with Crippen molar-refractivity contribution in [1.29, 1.82) is 0 Å². The fourth-order valence-electron chi connectivity index (χ4n) is 2.82. The third-order valence-electron chi connectivity index (χ3n) is 3.82. The van der Waals surface area contributed by atoms with Crippen LogP contribution in [0.4, 0.5) is 5.69 Å². The third-order valence-corrected chi connectivity index (χ3v) is 4.81. The highest BCUT2D eigenvalue weighted by molar-refractivity contribution is 7.14. The van der Waals surface area contributed by atoms with E-state index in [2.05, 4.69) is 0 Å². The Hall–Kier alpha value is -2.70. The molecule has 0 atom stereocenters. The Kier molecular flexibility index (Phi) is 2.60. The van der Waals surface area contributed by atoms with E-state index in [4.69, 9.17) is 11.6 Å². The number of anilines is 1. The number of amides is 2. The number of carbonyl (C=O) groups is 2. The van der Waals surface area contributed by atoms with E-state index in [9.17, 15) is 9.59 Å². The number of hydrogen-bond donors (Lipinski definition) is 2. The average molecular weight is 309 g/mol. The number of nitrogen functional groups attached to an aromatic ring is 1. The zero-order chi connectivity index (χ0) is 15.4. The fourth-order valence-corrected chi connectivity index (χ4v) is 3.66. The number of imide groups is 1. The van der Waals surface area contributed by atoms with Gasteiger partial charge in [0.25, 0.3) is 11.8 Å². The number of benzene rings is 2. The zero-order valence-corrected chi connectivity index (χ0v) is 12.2. The Bertz CT molecular complexity index is 939. The van der Waals surface area contributed by atoms with Crippen LogP contribution in [0, 0.1) is 0 Å². The van der Waals surface area contributed by atoms with Crippen molar-refractivity contribution in [1.82, 2.24) is 5.01 Å². The van der Waals surface area contributed by atoms with Gasteiger partial charge in [0, 0.05) is 21.3 Å². The van der Waals surface area contributed by atoms with E-state index < -0.39 is 11.8 Å². The summed E-state index contributed by atoms with van der Waals surface area (Å²) >= 11 is 1.53. The first-order chi connectivity index (χ1) is 10.6. The molecule has 2 heterocycles. The predicted molar refractivity (Wildman–Crippen MR) is 86.4 cm³/mol. The molecule has 3 aromatic rings. The van der Waals surface area contributed by atoms with Crippen molar-refractivity contribution in [2.24, 2.45) is 5.84 Å². The van der Waals surface area contributed by atoms with Gasteiger partial charge in [-0.2, -0.15) is 0 Å². The molecule has 1 aliphatic heterocycles. The summed E-state index contributed by atoms with van der Waals surface area (Å²) in [7, 11) is 0. The number of hydrazine groups is 1. The molecule has 6 heteroatoms. The molecule has 108 valence electrons. The molecule has 0 bridgehead atoms. The second-order valence-corrected chi connectivity index (χ2v) is 6.02. The van der Waals surface area contributed by atoms with Crippen molar-refractivity contribution in [2.75, 3.05) is 5.73 Å². The van der Waals surface area contributed by atoms with Crippen LogP contribution in [0.3, 0.4) is 0 Å². The van der Waals surface area contributed by atoms with Crippen LogP contribution < -0.4 is 11.6 Å². The molecule has 0 aliphatic carbocycles. The number of nitrogens with two attached hydrogens (primary N) is 2. The Labute approximate surface area is 129 Å². The van der Waals surface area contributed by atoms with Crippen LogP contribution in [0.1, 0.15) is 20.7 Å². The van der Waals surface area contributed by atoms with Gasteiger partial charge in [-0.15, -0.1) is 11.3 Å². The average Bonchev–Trinajstić information content (AvgIpc) is 2.96. The molecular weight excluding hydrogens is 298 g/mol. The lowest BCUT2D eigenvalue weighted by atomic mass is 9.91. The quantitative estimate of drug-likeness (QED) is 0.411. The minimum atomic E-state index is -0.481. The summed E-state index contributed by atoms with van der Waals surface area (Å²) in [5.41, 5.74) is 8.34. The van der Waals surface area contributed by atoms with Crippen LogP contribution in [0.25, 0.3) is 21.2 Å². The normalized spacial score (nSPS) is 14.0. The molecule has 5 nitrogen and oxygen atoms in total. The summed E-state index contributed by atoms with van der Waals surface area (Å²) in [6.45, 7) is 0. The van der Waals surface area contributed by atoms with Gasteiger partial charge in [0.15, 0.2) is 0 Å². The summed E-state index contributed by atoms with van der Waals surface area (Å²) in [6.07, 6.45) is 0. The highest BCUT2D eigenvalue weighted by Crippen LogP contribution is 2.38. The SMILES string of the molecule is Nc1csc(-c2ccc3c4c(cccc24)C(=O)N(N)C3=O)c1. The highest BCUT2D eigenvalue weighted by atomic mass is 32.1. The van der Waals surface area contributed by atoms with E-state index in [1.807, 2.05) is 23.6 Å². The molecule has 4 rings (SSSR count). The molecule has 22 heavy (non-hydrogen) atoms. The summed E-state index contributed by atoms with van der Waals surface area (Å²) < 4.78 is 0. The summed E-state index contributed by atoms with van der Waals surface area (Å²) in [5.74, 6) is 4.62. The topological polar surface area (TPSA) is 89.4 Å². The van der Waals surface area contributed by atoms with Crippen molar-refractivity contribution in [3.8, 4) is 10.4 Å². The van der Waals surface area contributed by atoms with Gasteiger partial charge < -0.3 is 5.73 Å². The molecule has 1 aromatic heterocycles. The molecule has 0 saturated heterocycles. The van der Waals surface area contributed by atoms with Crippen molar-refractivity contribution in [2.45, 2.75) is 0 Å². The molecule has 0 saturated carbocycles. The fraction of sp³-hybridized carbons (Fsp3) is 0. The number of thiophene rings is 1. The van der Waals surface area contributed by atoms with Gasteiger partial charge in [-0.25, -0.2) is 10.9 Å². The first kappa shape index (κ1) is 13.0. The van der Waals surface area contributed by atoms with E-state index in [1.165, 1.54) is 11.3 Å². The van der Waals surface area contributed by atoms with Crippen LogP contribution in [-0.2, 0) is 0 Å². The van der Waals surface area contributed by atoms with Gasteiger partial charge in [-0.1, -0.05) is 18.2 Å². The molecule has 2 aromatic carbocycles. The van der Waals surface area contributed by atoms with E-state index in [-0.39, 0.29) is 0 Å². The Balaban J connectivity index is 2.11. The molecule has 4 N–H and O–H groups in total. The maximum Gasteiger partial charge on any atom is 0.275 e. The molecule has 2 amide bonds. The van der Waals surface area contributed by atoms with Gasteiger partial charge in [0.1, 0.15) is 0 Å². The Morgan fingerprint density at radius 2 is 1.64 bits per heavy atom. The van der Waals surface area contributed by atoms with Crippen LogP contribution in [0.15, 0.2) is 41.8 Å². The van der Waals surface area contributed by atoms with Crippen molar-refractivity contribution >= 4 is 39.6 Å². The molecule has 0 spiro atoms. The first-order valence-electron chi connectivity index (χ1n) is 6.61. The maximum atomic E-state index is 12.2. The lowest BCUT2D eigenvalue weighted by Gasteiger charge is -2.23. The van der Waals surface area contributed by atoms with Gasteiger partial charge in [0.05, 0.1) is 11.1 Å².